The van der Waals surface area contributed by atoms with Crippen LogP contribution < -0.4 is 14.9 Å². The molecule has 0 saturated heterocycles. The Hall–Kier alpha value is -2.49. The lowest BCUT2D eigenvalue weighted by atomic mass is 10.2. The minimum absolute atomic E-state index is 0.167. The molecule has 0 aliphatic carbocycles. The number of methoxy groups -OCH3 is 1. The highest BCUT2D eigenvalue weighted by Gasteiger charge is 2.30. The number of anilines is 1. The molecule has 1 N–H and O–H groups in total. The van der Waals surface area contributed by atoms with Crippen LogP contribution in [-0.2, 0) is 12.8 Å². The molecule has 0 radical (unpaired) electrons. The van der Waals surface area contributed by atoms with Gasteiger partial charge in [-0.1, -0.05) is 29.3 Å². The van der Waals surface area contributed by atoms with Gasteiger partial charge in [0.05, 0.1) is 23.4 Å². The zero-order chi connectivity index (χ0) is 23.3. The van der Waals surface area contributed by atoms with Crippen LogP contribution in [0.2, 0.25) is 10.0 Å². The predicted octanol–water partition coefficient (Wildman–Crippen LogP) is 7.20. The van der Waals surface area contributed by atoms with Crippen LogP contribution >= 0.6 is 39.1 Å². The fraction of sp³-hybridized carbons (Fsp3) is 0.143. The first-order chi connectivity index (χ1) is 15.2. The van der Waals surface area contributed by atoms with Gasteiger partial charge in [0.2, 0.25) is 0 Å². The summed E-state index contributed by atoms with van der Waals surface area (Å²) in [4.78, 5) is 3.69. The van der Waals surface area contributed by atoms with E-state index < -0.39 is 11.7 Å². The number of hydrazone groups is 1. The second kappa shape index (κ2) is 10.4. The van der Waals surface area contributed by atoms with Gasteiger partial charge in [-0.2, -0.15) is 18.3 Å². The summed E-state index contributed by atoms with van der Waals surface area (Å²) in [5.74, 6) is 1.08. The van der Waals surface area contributed by atoms with Crippen LogP contribution in [0.1, 0.15) is 16.7 Å². The lowest BCUT2D eigenvalue weighted by Crippen LogP contribution is -2.05. The molecule has 5 nitrogen and oxygen atoms in total. The molecule has 0 spiro atoms. The highest BCUT2D eigenvalue weighted by atomic mass is 79.9. The lowest BCUT2D eigenvalue weighted by molar-refractivity contribution is -0.137. The number of hydrogen-bond acceptors (Lipinski definition) is 5. The fourth-order valence-corrected chi connectivity index (χ4v) is 3.58. The number of nitrogens with zero attached hydrogens (tertiary/aromatic N) is 2. The Labute approximate surface area is 200 Å². The third-order valence-electron chi connectivity index (χ3n) is 4.12. The average molecular weight is 549 g/mol. The standard InChI is InChI=1S/C21H15BrCl2F3N3O2/c1-31-18-7-12(9-29-30-19-5-3-14(10-28-19)21(25,26)27)6-16(22)20(18)32-11-13-2-4-15(23)8-17(13)24/h2-10H,11H2,1H3,(H,28,30)/b29-9-. The summed E-state index contributed by atoms with van der Waals surface area (Å²) < 4.78 is 49.7. The van der Waals surface area contributed by atoms with Gasteiger partial charge in [-0.05, 0) is 57.9 Å². The van der Waals surface area contributed by atoms with Crippen molar-refractivity contribution in [1.82, 2.24) is 4.98 Å². The van der Waals surface area contributed by atoms with Gasteiger partial charge in [-0.3, -0.25) is 5.43 Å². The zero-order valence-electron chi connectivity index (χ0n) is 16.4. The van der Waals surface area contributed by atoms with Crippen molar-refractivity contribution in [2.45, 2.75) is 12.8 Å². The molecule has 0 unspecified atom stereocenters. The molecule has 1 heterocycles. The molecular formula is C21H15BrCl2F3N3O2. The highest BCUT2D eigenvalue weighted by molar-refractivity contribution is 9.10. The maximum atomic E-state index is 12.6. The van der Waals surface area contributed by atoms with Crippen LogP contribution in [0.3, 0.4) is 0 Å². The number of pyridine rings is 1. The third-order valence-corrected chi connectivity index (χ3v) is 5.30. The van der Waals surface area contributed by atoms with Gasteiger partial charge >= 0.3 is 6.18 Å². The first kappa shape index (κ1) is 24.2. The summed E-state index contributed by atoms with van der Waals surface area (Å²) in [5.41, 5.74) is 3.14. The summed E-state index contributed by atoms with van der Waals surface area (Å²) in [6.07, 6.45) is -2.25. The fourth-order valence-electron chi connectivity index (χ4n) is 2.54. The highest BCUT2D eigenvalue weighted by Crippen LogP contribution is 2.37. The van der Waals surface area contributed by atoms with Gasteiger partial charge in [0.25, 0.3) is 0 Å². The minimum atomic E-state index is -4.44. The van der Waals surface area contributed by atoms with E-state index in [0.29, 0.717) is 31.6 Å². The molecule has 0 atom stereocenters. The summed E-state index contributed by atoms with van der Waals surface area (Å²) >= 11 is 15.5. The van der Waals surface area contributed by atoms with Crippen LogP contribution in [0.4, 0.5) is 19.0 Å². The predicted molar refractivity (Wildman–Crippen MR) is 122 cm³/mol. The second-order valence-corrected chi connectivity index (χ2v) is 8.06. The summed E-state index contributed by atoms with van der Waals surface area (Å²) in [6, 6.07) is 10.7. The molecule has 0 saturated carbocycles. The number of halogens is 6. The van der Waals surface area contributed by atoms with E-state index in [4.69, 9.17) is 32.7 Å². The van der Waals surface area contributed by atoms with Gasteiger partial charge < -0.3 is 9.47 Å². The maximum absolute atomic E-state index is 12.6. The Morgan fingerprint density at radius 3 is 2.56 bits per heavy atom. The van der Waals surface area contributed by atoms with Gasteiger partial charge in [-0.15, -0.1) is 0 Å². The molecule has 3 rings (SSSR count). The van der Waals surface area contributed by atoms with E-state index in [0.717, 1.165) is 17.8 Å². The number of aromatic nitrogens is 1. The Bertz CT molecular complexity index is 1130. The summed E-state index contributed by atoms with van der Waals surface area (Å²) in [7, 11) is 1.50. The Morgan fingerprint density at radius 2 is 1.94 bits per heavy atom. The van der Waals surface area contributed by atoms with E-state index in [1.807, 2.05) is 0 Å². The van der Waals surface area contributed by atoms with Crippen LogP contribution in [0.15, 0.2) is 58.2 Å². The zero-order valence-corrected chi connectivity index (χ0v) is 19.5. The normalized spacial score (nSPS) is 11.6. The first-order valence-corrected chi connectivity index (χ1v) is 10.5. The Morgan fingerprint density at radius 1 is 1.16 bits per heavy atom. The van der Waals surface area contributed by atoms with E-state index in [2.05, 4.69) is 31.4 Å². The first-order valence-electron chi connectivity index (χ1n) is 8.94. The quantitative estimate of drug-likeness (QED) is 0.250. The monoisotopic (exact) mass is 547 g/mol. The van der Waals surface area contributed by atoms with Crippen molar-refractivity contribution in [3.8, 4) is 11.5 Å². The number of ether oxygens (including phenoxy) is 2. The smallest absolute Gasteiger partial charge is 0.417 e. The van der Waals surface area contributed by atoms with Gasteiger partial charge in [0, 0.05) is 21.8 Å². The maximum Gasteiger partial charge on any atom is 0.417 e. The van der Waals surface area contributed by atoms with Crippen molar-refractivity contribution in [1.29, 1.82) is 0 Å². The van der Waals surface area contributed by atoms with Crippen molar-refractivity contribution >= 4 is 51.2 Å². The third kappa shape index (κ3) is 6.27. The van der Waals surface area contributed by atoms with Crippen LogP contribution in [0.5, 0.6) is 11.5 Å². The van der Waals surface area contributed by atoms with E-state index in [1.54, 1.807) is 30.3 Å². The van der Waals surface area contributed by atoms with Crippen molar-refractivity contribution in [2.75, 3.05) is 12.5 Å². The van der Waals surface area contributed by atoms with Crippen molar-refractivity contribution in [2.24, 2.45) is 5.10 Å². The molecule has 32 heavy (non-hydrogen) atoms. The summed E-state index contributed by atoms with van der Waals surface area (Å²) in [6.45, 7) is 0.194. The molecule has 168 valence electrons. The second-order valence-electron chi connectivity index (χ2n) is 6.36. The molecule has 0 aliphatic heterocycles. The van der Waals surface area contributed by atoms with Crippen LogP contribution in [-0.4, -0.2) is 18.3 Å². The molecule has 0 fully saturated rings. The number of rotatable bonds is 7. The van der Waals surface area contributed by atoms with E-state index in [9.17, 15) is 13.2 Å². The molecule has 11 heteroatoms. The molecule has 0 amide bonds. The van der Waals surface area contributed by atoms with Crippen LogP contribution in [0, 0.1) is 0 Å². The molecule has 3 aromatic rings. The number of alkyl halides is 3. The Balaban J connectivity index is 1.70. The van der Waals surface area contributed by atoms with Gasteiger partial charge in [0.15, 0.2) is 11.5 Å². The van der Waals surface area contributed by atoms with Crippen LogP contribution in [0.25, 0.3) is 0 Å². The number of nitrogens with one attached hydrogen (secondary N) is 1. The molecule has 2 aromatic carbocycles. The Kier molecular flexibility index (Phi) is 7.86. The number of hydrogen-bond donors (Lipinski definition) is 1. The molecule has 1 aromatic heterocycles. The van der Waals surface area contributed by atoms with Crippen molar-refractivity contribution in [3.05, 3.63) is 79.9 Å². The number of benzene rings is 2. The topological polar surface area (TPSA) is 55.7 Å². The molecule has 0 aliphatic rings. The summed E-state index contributed by atoms with van der Waals surface area (Å²) in [5, 5.41) is 5.01. The van der Waals surface area contributed by atoms with Gasteiger partial charge in [0.1, 0.15) is 12.4 Å². The van der Waals surface area contributed by atoms with E-state index in [1.165, 1.54) is 19.4 Å². The van der Waals surface area contributed by atoms with Crippen molar-refractivity contribution < 1.29 is 22.6 Å². The van der Waals surface area contributed by atoms with E-state index >= 15 is 0 Å². The average Bonchev–Trinajstić information content (AvgIpc) is 2.73. The molecular weight excluding hydrogens is 534 g/mol. The van der Waals surface area contributed by atoms with Gasteiger partial charge in [-0.25, -0.2) is 4.98 Å². The lowest BCUT2D eigenvalue weighted by Gasteiger charge is -2.14. The minimum Gasteiger partial charge on any atom is -0.493 e. The van der Waals surface area contributed by atoms with E-state index in [-0.39, 0.29) is 12.4 Å². The SMILES string of the molecule is COc1cc(/C=N\Nc2ccc(C(F)(F)F)cn2)cc(Br)c1OCc1ccc(Cl)cc1Cl. The molecule has 0 bridgehead atoms. The van der Waals surface area contributed by atoms with Crippen molar-refractivity contribution in [3.63, 3.8) is 0 Å². The largest absolute Gasteiger partial charge is 0.493 e.